The number of aromatic nitrogens is 1. The van der Waals surface area contributed by atoms with Gasteiger partial charge in [0.2, 0.25) is 11.7 Å². The Hall–Kier alpha value is -2.71. The summed E-state index contributed by atoms with van der Waals surface area (Å²) in [5, 5.41) is 22.5. The number of aromatic carboxylic acids is 1. The van der Waals surface area contributed by atoms with Gasteiger partial charge >= 0.3 is 11.7 Å². The molecule has 2 rings (SSSR count). The van der Waals surface area contributed by atoms with Crippen molar-refractivity contribution in [1.82, 2.24) is 10.3 Å². The van der Waals surface area contributed by atoms with Crippen LogP contribution in [-0.4, -0.2) is 46.5 Å². The van der Waals surface area contributed by atoms with Gasteiger partial charge in [0.15, 0.2) is 0 Å². The molecule has 20 heavy (non-hydrogen) atoms. The third-order valence-electron chi connectivity index (χ3n) is 2.90. The van der Waals surface area contributed by atoms with Gasteiger partial charge in [0.05, 0.1) is 10.5 Å². The molecule has 1 saturated heterocycles. The number of hydrogen-bond acceptors (Lipinski definition) is 6. The number of amides is 1. The number of rotatable bonds is 3. The Labute approximate surface area is 113 Å². The monoisotopic (exact) mass is 280 g/mol. The third kappa shape index (κ3) is 2.82. The minimum atomic E-state index is -1.28. The Balaban J connectivity index is 2.37. The van der Waals surface area contributed by atoms with E-state index >= 15 is 0 Å². The average molecular weight is 280 g/mol. The first kappa shape index (κ1) is 13.7. The maximum atomic E-state index is 11.3. The highest BCUT2D eigenvalue weighted by Gasteiger charge is 2.25. The van der Waals surface area contributed by atoms with Crippen LogP contribution in [0.3, 0.4) is 0 Å². The summed E-state index contributed by atoms with van der Waals surface area (Å²) in [6, 6.07) is 0.977. The van der Waals surface area contributed by atoms with Crippen molar-refractivity contribution < 1.29 is 19.6 Å². The van der Waals surface area contributed by atoms with Gasteiger partial charge in [-0.3, -0.25) is 14.9 Å². The van der Waals surface area contributed by atoms with E-state index in [1.54, 1.807) is 4.90 Å². The molecule has 1 fully saturated rings. The molecule has 106 valence electrons. The van der Waals surface area contributed by atoms with E-state index in [1.165, 1.54) is 0 Å². The second kappa shape index (κ2) is 5.51. The van der Waals surface area contributed by atoms with E-state index in [9.17, 15) is 19.7 Å². The van der Waals surface area contributed by atoms with Gasteiger partial charge in [-0.25, -0.2) is 9.78 Å². The molecule has 0 radical (unpaired) electrons. The number of carboxylic acids is 1. The molecule has 2 N–H and O–H groups in total. The van der Waals surface area contributed by atoms with Crippen LogP contribution in [0.15, 0.2) is 12.3 Å². The number of pyridine rings is 1. The summed E-state index contributed by atoms with van der Waals surface area (Å²) in [4.78, 5) is 37.9. The molecular formula is C11H12N4O5. The van der Waals surface area contributed by atoms with E-state index in [0.717, 1.165) is 12.3 Å². The first-order chi connectivity index (χ1) is 9.49. The molecule has 0 bridgehead atoms. The molecular weight excluding hydrogens is 268 g/mol. The quantitative estimate of drug-likeness (QED) is 0.590. The lowest BCUT2D eigenvalue weighted by Crippen LogP contribution is -2.29. The largest absolute Gasteiger partial charge is 0.478 e. The van der Waals surface area contributed by atoms with E-state index in [0.29, 0.717) is 19.6 Å². The summed E-state index contributed by atoms with van der Waals surface area (Å²) >= 11 is 0. The molecule has 0 aromatic carbocycles. The number of nitrogens with one attached hydrogen (secondary N) is 1. The zero-order valence-corrected chi connectivity index (χ0v) is 10.4. The van der Waals surface area contributed by atoms with Crippen molar-refractivity contribution in [2.45, 2.75) is 6.42 Å². The van der Waals surface area contributed by atoms with Crippen LogP contribution in [0, 0.1) is 10.1 Å². The number of nitrogens with zero attached hydrogens (tertiary/aromatic N) is 3. The lowest BCUT2D eigenvalue weighted by atomic mass is 10.2. The average Bonchev–Trinajstić information content (AvgIpc) is 2.62. The lowest BCUT2D eigenvalue weighted by molar-refractivity contribution is -0.384. The van der Waals surface area contributed by atoms with Crippen LogP contribution >= 0.6 is 0 Å². The summed E-state index contributed by atoms with van der Waals surface area (Å²) in [6.07, 6.45) is 1.28. The van der Waals surface area contributed by atoms with Crippen LogP contribution in [0.25, 0.3) is 0 Å². The molecule has 1 amide bonds. The van der Waals surface area contributed by atoms with Gasteiger partial charge in [0.25, 0.3) is 0 Å². The van der Waals surface area contributed by atoms with Gasteiger partial charge in [-0.15, -0.1) is 0 Å². The van der Waals surface area contributed by atoms with Crippen molar-refractivity contribution in [2.24, 2.45) is 0 Å². The second-order valence-electron chi connectivity index (χ2n) is 4.22. The second-order valence-corrected chi connectivity index (χ2v) is 4.22. The number of nitro groups is 1. The van der Waals surface area contributed by atoms with Gasteiger partial charge in [-0.1, -0.05) is 0 Å². The van der Waals surface area contributed by atoms with Crippen molar-refractivity contribution in [3.8, 4) is 0 Å². The molecule has 2 heterocycles. The van der Waals surface area contributed by atoms with E-state index in [4.69, 9.17) is 5.11 Å². The molecule has 0 saturated carbocycles. The fourth-order valence-electron chi connectivity index (χ4n) is 1.92. The van der Waals surface area contributed by atoms with Crippen molar-refractivity contribution in [3.05, 3.63) is 27.9 Å². The third-order valence-corrected chi connectivity index (χ3v) is 2.90. The zero-order valence-electron chi connectivity index (χ0n) is 10.4. The molecule has 1 aliphatic rings. The summed E-state index contributed by atoms with van der Waals surface area (Å²) in [5.41, 5.74) is -0.622. The van der Waals surface area contributed by atoms with Gasteiger partial charge in [-0.2, -0.15) is 0 Å². The Morgan fingerprint density at radius 1 is 1.50 bits per heavy atom. The Morgan fingerprint density at radius 3 is 2.90 bits per heavy atom. The minimum Gasteiger partial charge on any atom is -0.478 e. The lowest BCUT2D eigenvalue weighted by Gasteiger charge is -2.20. The number of hydrogen-bond donors (Lipinski definition) is 2. The first-order valence-corrected chi connectivity index (χ1v) is 5.88. The van der Waals surface area contributed by atoms with E-state index in [2.05, 4.69) is 10.3 Å². The molecule has 0 unspecified atom stereocenters. The Morgan fingerprint density at radius 2 is 2.25 bits per heavy atom. The predicted octanol–water partition coefficient (Wildman–Crippen LogP) is 0.0143. The van der Waals surface area contributed by atoms with E-state index in [-0.39, 0.29) is 29.4 Å². The zero-order chi connectivity index (χ0) is 14.7. The van der Waals surface area contributed by atoms with E-state index < -0.39 is 10.9 Å². The highest BCUT2D eigenvalue weighted by Crippen LogP contribution is 2.27. The van der Waals surface area contributed by atoms with Crippen molar-refractivity contribution in [1.29, 1.82) is 0 Å². The highest BCUT2D eigenvalue weighted by atomic mass is 16.6. The Kier molecular flexibility index (Phi) is 3.78. The summed E-state index contributed by atoms with van der Waals surface area (Å²) in [5.74, 6) is -1.33. The van der Waals surface area contributed by atoms with Crippen LogP contribution in [0.2, 0.25) is 0 Å². The SMILES string of the molecule is O=C1CCN(c2ncc(C(=O)O)cc2[N+](=O)[O-])CCN1. The molecule has 0 aliphatic carbocycles. The van der Waals surface area contributed by atoms with E-state index in [1.807, 2.05) is 0 Å². The summed E-state index contributed by atoms with van der Waals surface area (Å²) in [6.45, 7) is 1.04. The standard InChI is InChI=1S/C11H12N4O5/c16-9-1-3-14(4-2-12-9)10-8(15(19)20)5-7(6-13-10)11(17)18/h5-6H,1-4H2,(H,12,16)(H,17,18). The van der Waals surface area contributed by atoms with Crippen LogP contribution in [0.1, 0.15) is 16.8 Å². The maximum Gasteiger partial charge on any atom is 0.337 e. The van der Waals surface area contributed by atoms with Crippen molar-refractivity contribution >= 4 is 23.4 Å². The maximum absolute atomic E-state index is 11.3. The molecule has 0 atom stereocenters. The van der Waals surface area contributed by atoms with Gasteiger partial charge in [-0.05, 0) is 0 Å². The summed E-state index contributed by atoms with van der Waals surface area (Å²) < 4.78 is 0. The van der Waals surface area contributed by atoms with Gasteiger partial charge in [0, 0.05) is 38.3 Å². The predicted molar refractivity (Wildman–Crippen MR) is 67.7 cm³/mol. The number of carboxylic acid groups (broad SMARTS) is 1. The number of carbonyl (C=O) groups is 2. The minimum absolute atomic E-state index is 0.0801. The molecule has 9 heteroatoms. The van der Waals surface area contributed by atoms with Crippen LogP contribution in [0.5, 0.6) is 0 Å². The van der Waals surface area contributed by atoms with Crippen LogP contribution in [0.4, 0.5) is 11.5 Å². The summed E-state index contributed by atoms with van der Waals surface area (Å²) in [7, 11) is 0. The molecule has 1 aliphatic heterocycles. The normalized spacial score (nSPS) is 15.4. The Bertz CT molecular complexity index is 574. The molecule has 1 aromatic heterocycles. The number of anilines is 1. The fourth-order valence-corrected chi connectivity index (χ4v) is 1.92. The first-order valence-electron chi connectivity index (χ1n) is 5.88. The van der Waals surface area contributed by atoms with Crippen molar-refractivity contribution in [2.75, 3.05) is 24.5 Å². The smallest absolute Gasteiger partial charge is 0.337 e. The topological polar surface area (TPSA) is 126 Å². The molecule has 9 nitrogen and oxygen atoms in total. The van der Waals surface area contributed by atoms with Gasteiger partial charge in [0.1, 0.15) is 0 Å². The number of carbonyl (C=O) groups excluding carboxylic acids is 1. The van der Waals surface area contributed by atoms with Gasteiger partial charge < -0.3 is 15.3 Å². The van der Waals surface area contributed by atoms with Crippen LogP contribution < -0.4 is 10.2 Å². The molecule has 1 aromatic rings. The highest BCUT2D eigenvalue weighted by molar-refractivity contribution is 5.89. The molecule has 0 spiro atoms. The van der Waals surface area contributed by atoms with Crippen LogP contribution in [-0.2, 0) is 4.79 Å². The fraction of sp³-hybridized carbons (Fsp3) is 0.364. The van der Waals surface area contributed by atoms with Crippen molar-refractivity contribution in [3.63, 3.8) is 0 Å².